The van der Waals surface area contributed by atoms with E-state index in [4.69, 9.17) is 14.2 Å². The molecule has 2 aliphatic rings. The summed E-state index contributed by atoms with van der Waals surface area (Å²) >= 11 is 0. The molecule has 0 aromatic heterocycles. The molecule has 70 valence electrons. The third-order valence-corrected chi connectivity index (χ3v) is 2.47. The SMILES string of the molecule is CC1OCCC2OC(C)(C)OC12. The maximum atomic E-state index is 5.72. The van der Waals surface area contributed by atoms with Crippen molar-refractivity contribution in [3.63, 3.8) is 0 Å². The minimum Gasteiger partial charge on any atom is -0.376 e. The fraction of sp³-hybridized carbons (Fsp3) is 1.00. The van der Waals surface area contributed by atoms with E-state index in [1.165, 1.54) is 0 Å². The Bertz CT molecular complexity index is 179. The van der Waals surface area contributed by atoms with Gasteiger partial charge < -0.3 is 14.2 Å². The summed E-state index contributed by atoms with van der Waals surface area (Å²) in [5.41, 5.74) is 0. The van der Waals surface area contributed by atoms with Crippen LogP contribution in [0, 0.1) is 0 Å². The van der Waals surface area contributed by atoms with Crippen molar-refractivity contribution in [3.05, 3.63) is 0 Å². The zero-order valence-corrected chi connectivity index (χ0v) is 7.87. The highest BCUT2D eigenvalue weighted by Crippen LogP contribution is 2.34. The molecule has 2 saturated heterocycles. The molecule has 2 aliphatic heterocycles. The molecular weight excluding hydrogens is 156 g/mol. The molecule has 12 heavy (non-hydrogen) atoms. The number of hydrogen-bond donors (Lipinski definition) is 0. The topological polar surface area (TPSA) is 27.7 Å². The standard InChI is InChI=1S/C9H16O3/c1-6-8-7(4-5-10-6)11-9(2,3)12-8/h6-8H,4-5H2,1-3H3. The molecule has 0 amide bonds. The maximum absolute atomic E-state index is 5.72. The summed E-state index contributed by atoms with van der Waals surface area (Å²) in [6, 6.07) is 0. The van der Waals surface area contributed by atoms with Crippen LogP contribution in [0.2, 0.25) is 0 Å². The van der Waals surface area contributed by atoms with E-state index in [0.29, 0.717) is 0 Å². The molecule has 2 heterocycles. The van der Waals surface area contributed by atoms with Crippen LogP contribution in [0.4, 0.5) is 0 Å². The Balaban J connectivity index is 2.09. The molecule has 0 radical (unpaired) electrons. The van der Waals surface area contributed by atoms with Gasteiger partial charge in [-0.15, -0.1) is 0 Å². The molecule has 2 rings (SSSR count). The summed E-state index contributed by atoms with van der Waals surface area (Å²) < 4.78 is 16.9. The lowest BCUT2D eigenvalue weighted by atomic mass is 10.0. The highest BCUT2D eigenvalue weighted by molar-refractivity contribution is 4.88. The fourth-order valence-electron chi connectivity index (χ4n) is 1.95. The van der Waals surface area contributed by atoms with Crippen LogP contribution in [0.15, 0.2) is 0 Å². The van der Waals surface area contributed by atoms with Gasteiger partial charge in [0.2, 0.25) is 0 Å². The number of fused-ring (bicyclic) bond motifs is 1. The van der Waals surface area contributed by atoms with Crippen molar-refractivity contribution in [2.75, 3.05) is 6.61 Å². The van der Waals surface area contributed by atoms with Gasteiger partial charge in [-0.05, 0) is 27.2 Å². The lowest BCUT2D eigenvalue weighted by molar-refractivity contribution is -0.152. The van der Waals surface area contributed by atoms with Gasteiger partial charge in [-0.25, -0.2) is 0 Å². The maximum Gasteiger partial charge on any atom is 0.163 e. The van der Waals surface area contributed by atoms with Gasteiger partial charge in [0.05, 0.1) is 12.2 Å². The summed E-state index contributed by atoms with van der Waals surface area (Å²) in [6.45, 7) is 6.75. The highest BCUT2D eigenvalue weighted by Gasteiger charge is 2.45. The van der Waals surface area contributed by atoms with Gasteiger partial charge in [-0.3, -0.25) is 0 Å². The smallest absolute Gasteiger partial charge is 0.163 e. The van der Waals surface area contributed by atoms with E-state index in [1.54, 1.807) is 0 Å². The first-order valence-corrected chi connectivity index (χ1v) is 4.56. The Kier molecular flexibility index (Phi) is 1.90. The minimum absolute atomic E-state index is 0.133. The van der Waals surface area contributed by atoms with E-state index in [2.05, 4.69) is 0 Å². The van der Waals surface area contributed by atoms with Gasteiger partial charge >= 0.3 is 0 Å². The first-order chi connectivity index (χ1) is 5.58. The summed E-state index contributed by atoms with van der Waals surface area (Å²) in [6.07, 6.45) is 1.50. The first-order valence-electron chi connectivity index (χ1n) is 4.56. The van der Waals surface area contributed by atoms with Gasteiger partial charge in [0.1, 0.15) is 6.10 Å². The van der Waals surface area contributed by atoms with Crippen LogP contribution in [0.25, 0.3) is 0 Å². The largest absolute Gasteiger partial charge is 0.376 e. The van der Waals surface area contributed by atoms with Gasteiger partial charge in [0.15, 0.2) is 5.79 Å². The predicted octanol–water partition coefficient (Wildman–Crippen LogP) is 1.32. The van der Waals surface area contributed by atoms with Crippen LogP contribution >= 0.6 is 0 Å². The first kappa shape index (κ1) is 8.48. The second-order valence-corrected chi connectivity index (χ2v) is 4.00. The van der Waals surface area contributed by atoms with Crippen LogP contribution in [0.1, 0.15) is 27.2 Å². The number of hydrogen-bond acceptors (Lipinski definition) is 3. The lowest BCUT2D eigenvalue weighted by Crippen LogP contribution is -2.40. The average Bonchev–Trinajstić information content (AvgIpc) is 2.25. The second-order valence-electron chi connectivity index (χ2n) is 4.00. The Morgan fingerprint density at radius 3 is 2.67 bits per heavy atom. The van der Waals surface area contributed by atoms with Crippen molar-refractivity contribution in [2.45, 2.75) is 51.3 Å². The number of rotatable bonds is 0. The summed E-state index contributed by atoms with van der Waals surface area (Å²) in [5, 5.41) is 0. The van der Waals surface area contributed by atoms with E-state index >= 15 is 0 Å². The normalized spacial score (nSPS) is 45.8. The zero-order chi connectivity index (χ0) is 8.77. The second kappa shape index (κ2) is 2.69. The lowest BCUT2D eigenvalue weighted by Gasteiger charge is -2.28. The third-order valence-electron chi connectivity index (χ3n) is 2.47. The van der Waals surface area contributed by atoms with Crippen molar-refractivity contribution >= 4 is 0 Å². The molecule has 0 aliphatic carbocycles. The van der Waals surface area contributed by atoms with Crippen molar-refractivity contribution < 1.29 is 14.2 Å². The van der Waals surface area contributed by atoms with Gasteiger partial charge in [0, 0.05) is 6.61 Å². The van der Waals surface area contributed by atoms with E-state index < -0.39 is 5.79 Å². The molecule has 3 heteroatoms. The van der Waals surface area contributed by atoms with E-state index in [-0.39, 0.29) is 18.3 Å². The van der Waals surface area contributed by atoms with Crippen molar-refractivity contribution in [3.8, 4) is 0 Å². The monoisotopic (exact) mass is 172 g/mol. The van der Waals surface area contributed by atoms with Crippen molar-refractivity contribution in [2.24, 2.45) is 0 Å². The Morgan fingerprint density at radius 2 is 2.00 bits per heavy atom. The van der Waals surface area contributed by atoms with Crippen molar-refractivity contribution in [1.29, 1.82) is 0 Å². The highest BCUT2D eigenvalue weighted by atomic mass is 16.8. The van der Waals surface area contributed by atoms with Crippen molar-refractivity contribution in [1.82, 2.24) is 0 Å². The van der Waals surface area contributed by atoms with Crippen LogP contribution in [0.3, 0.4) is 0 Å². The Labute approximate surface area is 73.0 Å². The summed E-state index contributed by atoms with van der Waals surface area (Å²) in [4.78, 5) is 0. The van der Waals surface area contributed by atoms with E-state index in [1.807, 2.05) is 20.8 Å². The molecule has 3 atom stereocenters. The average molecular weight is 172 g/mol. The van der Waals surface area contributed by atoms with Gasteiger partial charge in [-0.2, -0.15) is 0 Å². The number of ether oxygens (including phenoxy) is 3. The van der Waals surface area contributed by atoms with Crippen LogP contribution in [0.5, 0.6) is 0 Å². The molecule has 0 aromatic carbocycles. The Hall–Kier alpha value is -0.120. The van der Waals surface area contributed by atoms with Gasteiger partial charge in [0.25, 0.3) is 0 Å². The predicted molar refractivity (Wildman–Crippen MR) is 43.9 cm³/mol. The molecule has 3 unspecified atom stereocenters. The molecule has 2 fully saturated rings. The van der Waals surface area contributed by atoms with Crippen LogP contribution in [-0.2, 0) is 14.2 Å². The molecule has 0 saturated carbocycles. The quantitative estimate of drug-likeness (QED) is 0.551. The molecule has 0 aromatic rings. The molecule has 0 bridgehead atoms. The van der Waals surface area contributed by atoms with E-state index in [0.717, 1.165) is 13.0 Å². The molecule has 0 N–H and O–H groups in total. The van der Waals surface area contributed by atoms with E-state index in [9.17, 15) is 0 Å². The zero-order valence-electron chi connectivity index (χ0n) is 7.87. The molecular formula is C9H16O3. The Morgan fingerprint density at radius 1 is 1.25 bits per heavy atom. The summed E-state index contributed by atoms with van der Waals surface area (Å²) in [5.74, 6) is -0.419. The minimum atomic E-state index is -0.419. The summed E-state index contributed by atoms with van der Waals surface area (Å²) in [7, 11) is 0. The van der Waals surface area contributed by atoms with Crippen LogP contribution in [-0.4, -0.2) is 30.7 Å². The third kappa shape index (κ3) is 1.37. The van der Waals surface area contributed by atoms with Crippen LogP contribution < -0.4 is 0 Å². The molecule has 3 nitrogen and oxygen atoms in total. The van der Waals surface area contributed by atoms with Gasteiger partial charge in [-0.1, -0.05) is 0 Å². The fourth-order valence-corrected chi connectivity index (χ4v) is 1.95. The molecule has 0 spiro atoms.